The van der Waals surface area contributed by atoms with Crippen molar-refractivity contribution in [2.75, 3.05) is 0 Å². The first-order valence-electron chi connectivity index (χ1n) is 6.00. The van der Waals surface area contributed by atoms with Crippen LogP contribution in [-0.4, -0.2) is 14.8 Å². The average Bonchev–Trinajstić information content (AvgIpc) is 3.07. The van der Waals surface area contributed by atoms with E-state index in [1.807, 2.05) is 53.5 Å². The lowest BCUT2D eigenvalue weighted by atomic mass is 10.1. The van der Waals surface area contributed by atoms with E-state index in [4.69, 9.17) is 5.73 Å². The molecule has 96 valence electrons. The lowest BCUT2D eigenvalue weighted by Gasteiger charge is -2.08. The number of hydrogen-bond acceptors (Lipinski definition) is 4. The van der Waals surface area contributed by atoms with Gasteiger partial charge in [-0.2, -0.15) is 5.10 Å². The minimum absolute atomic E-state index is 0.173. The molecule has 0 saturated carbocycles. The smallest absolute Gasteiger partial charge is 0.115 e. The van der Waals surface area contributed by atoms with Gasteiger partial charge in [0.2, 0.25) is 0 Å². The predicted molar refractivity (Wildman–Crippen MR) is 76.8 cm³/mol. The van der Waals surface area contributed by atoms with Gasteiger partial charge in [0, 0.05) is 18.6 Å². The van der Waals surface area contributed by atoms with Gasteiger partial charge in [-0.15, -0.1) is 11.3 Å². The molecule has 3 rings (SSSR count). The molecule has 1 unspecified atom stereocenters. The molecular weight excluding hydrogens is 256 g/mol. The van der Waals surface area contributed by atoms with E-state index in [0.717, 1.165) is 22.0 Å². The van der Waals surface area contributed by atoms with Crippen LogP contribution < -0.4 is 5.73 Å². The van der Waals surface area contributed by atoms with Crippen molar-refractivity contribution < 1.29 is 0 Å². The second-order valence-electron chi connectivity index (χ2n) is 4.30. The van der Waals surface area contributed by atoms with E-state index in [1.165, 1.54) is 0 Å². The van der Waals surface area contributed by atoms with Crippen molar-refractivity contribution in [1.82, 2.24) is 14.8 Å². The molecule has 0 saturated heterocycles. The van der Waals surface area contributed by atoms with Crippen molar-refractivity contribution in [2.45, 2.75) is 6.04 Å². The average molecular weight is 270 g/mol. The molecule has 0 bridgehead atoms. The molecule has 0 aliphatic heterocycles. The number of nitrogens with zero attached hydrogens (tertiary/aromatic N) is 3. The molecular formula is C14H14N4S. The van der Waals surface area contributed by atoms with Gasteiger partial charge < -0.3 is 5.73 Å². The molecule has 0 aliphatic carbocycles. The number of aryl methyl sites for hydroxylation is 1. The Morgan fingerprint density at radius 2 is 2.00 bits per heavy atom. The third-order valence-corrected chi connectivity index (χ3v) is 3.96. The molecule has 5 heteroatoms. The zero-order chi connectivity index (χ0) is 13.2. The fourth-order valence-corrected chi connectivity index (χ4v) is 2.82. The molecule has 2 aromatic heterocycles. The minimum atomic E-state index is -0.173. The third kappa shape index (κ3) is 2.30. The Bertz CT molecular complexity index is 672. The standard InChI is InChI=1S/C14H14N4S/c1-18-12(7-8-16-18)11-9-19-14(17-11)13(15)10-5-3-2-4-6-10/h2-9,13H,15H2,1H3. The van der Waals surface area contributed by atoms with Crippen LogP contribution in [0, 0.1) is 0 Å². The van der Waals surface area contributed by atoms with Gasteiger partial charge in [0.15, 0.2) is 0 Å². The topological polar surface area (TPSA) is 56.7 Å². The molecule has 0 fully saturated rings. The van der Waals surface area contributed by atoms with Crippen LogP contribution in [0.3, 0.4) is 0 Å². The number of rotatable bonds is 3. The summed E-state index contributed by atoms with van der Waals surface area (Å²) in [4.78, 5) is 4.62. The van der Waals surface area contributed by atoms with Crippen molar-refractivity contribution in [3.8, 4) is 11.4 Å². The highest BCUT2D eigenvalue weighted by atomic mass is 32.1. The van der Waals surface area contributed by atoms with Gasteiger partial charge in [-0.3, -0.25) is 4.68 Å². The van der Waals surface area contributed by atoms with E-state index < -0.39 is 0 Å². The van der Waals surface area contributed by atoms with Gasteiger partial charge in [-0.1, -0.05) is 30.3 Å². The summed E-state index contributed by atoms with van der Waals surface area (Å²) in [5.74, 6) is 0. The van der Waals surface area contributed by atoms with Gasteiger partial charge >= 0.3 is 0 Å². The zero-order valence-electron chi connectivity index (χ0n) is 10.5. The van der Waals surface area contributed by atoms with Crippen LogP contribution in [0.5, 0.6) is 0 Å². The molecule has 2 heterocycles. The molecule has 2 N–H and O–H groups in total. The Labute approximate surface area is 115 Å². The predicted octanol–water partition coefficient (Wildman–Crippen LogP) is 2.59. The molecule has 1 aromatic carbocycles. The summed E-state index contributed by atoms with van der Waals surface area (Å²) in [5, 5.41) is 7.10. The maximum atomic E-state index is 6.25. The monoisotopic (exact) mass is 270 g/mol. The van der Waals surface area contributed by atoms with E-state index in [0.29, 0.717) is 0 Å². The molecule has 4 nitrogen and oxygen atoms in total. The van der Waals surface area contributed by atoms with Crippen LogP contribution in [0.4, 0.5) is 0 Å². The van der Waals surface area contributed by atoms with E-state index in [9.17, 15) is 0 Å². The summed E-state index contributed by atoms with van der Waals surface area (Å²) < 4.78 is 1.81. The highest BCUT2D eigenvalue weighted by Gasteiger charge is 2.14. The summed E-state index contributed by atoms with van der Waals surface area (Å²) in [6.45, 7) is 0. The number of thiazole rings is 1. The van der Waals surface area contributed by atoms with E-state index in [2.05, 4.69) is 10.1 Å². The van der Waals surface area contributed by atoms with Crippen molar-refractivity contribution in [1.29, 1.82) is 0 Å². The number of hydrogen-bond donors (Lipinski definition) is 1. The maximum absolute atomic E-state index is 6.25. The molecule has 1 atom stereocenters. The highest BCUT2D eigenvalue weighted by molar-refractivity contribution is 7.10. The van der Waals surface area contributed by atoms with Gasteiger partial charge in [-0.25, -0.2) is 4.98 Å². The maximum Gasteiger partial charge on any atom is 0.115 e. The molecule has 0 aliphatic rings. The largest absolute Gasteiger partial charge is 0.318 e. The quantitative estimate of drug-likeness (QED) is 0.796. The zero-order valence-corrected chi connectivity index (χ0v) is 11.3. The van der Waals surface area contributed by atoms with Gasteiger partial charge in [0.25, 0.3) is 0 Å². The van der Waals surface area contributed by atoms with Gasteiger partial charge in [-0.05, 0) is 11.6 Å². The first-order valence-corrected chi connectivity index (χ1v) is 6.88. The van der Waals surface area contributed by atoms with E-state index in [1.54, 1.807) is 17.5 Å². The van der Waals surface area contributed by atoms with Crippen molar-refractivity contribution in [3.63, 3.8) is 0 Å². The Morgan fingerprint density at radius 3 is 2.68 bits per heavy atom. The summed E-state index contributed by atoms with van der Waals surface area (Å²) >= 11 is 1.58. The lowest BCUT2D eigenvalue weighted by Crippen LogP contribution is -2.11. The lowest BCUT2D eigenvalue weighted by molar-refractivity contribution is 0.772. The Kier molecular flexibility index (Phi) is 3.15. The third-order valence-electron chi connectivity index (χ3n) is 3.03. The molecule has 3 aromatic rings. The van der Waals surface area contributed by atoms with Crippen molar-refractivity contribution >= 4 is 11.3 Å². The fourth-order valence-electron chi connectivity index (χ4n) is 1.98. The molecule has 0 amide bonds. The van der Waals surface area contributed by atoms with Crippen LogP contribution in [0.25, 0.3) is 11.4 Å². The summed E-state index contributed by atoms with van der Waals surface area (Å²) in [7, 11) is 1.91. The van der Waals surface area contributed by atoms with Gasteiger partial charge in [0.1, 0.15) is 5.01 Å². The number of benzene rings is 1. The molecule has 0 radical (unpaired) electrons. The van der Waals surface area contributed by atoms with Crippen LogP contribution in [0.1, 0.15) is 16.6 Å². The SMILES string of the molecule is Cn1nccc1-c1csc(C(N)c2ccccc2)n1. The molecule has 19 heavy (non-hydrogen) atoms. The number of nitrogens with two attached hydrogens (primary N) is 1. The van der Waals surface area contributed by atoms with E-state index >= 15 is 0 Å². The molecule has 0 spiro atoms. The second-order valence-corrected chi connectivity index (χ2v) is 5.19. The van der Waals surface area contributed by atoms with Crippen LogP contribution in [0.2, 0.25) is 0 Å². The van der Waals surface area contributed by atoms with E-state index in [-0.39, 0.29) is 6.04 Å². The van der Waals surface area contributed by atoms with Crippen molar-refractivity contribution in [2.24, 2.45) is 12.8 Å². The normalized spacial score (nSPS) is 12.5. The summed E-state index contributed by atoms with van der Waals surface area (Å²) in [5.41, 5.74) is 9.25. The Balaban J connectivity index is 1.92. The highest BCUT2D eigenvalue weighted by Crippen LogP contribution is 2.27. The van der Waals surface area contributed by atoms with Gasteiger partial charge in [0.05, 0.1) is 17.4 Å². The van der Waals surface area contributed by atoms with Crippen LogP contribution >= 0.6 is 11.3 Å². The van der Waals surface area contributed by atoms with Crippen molar-refractivity contribution in [3.05, 3.63) is 58.5 Å². The summed E-state index contributed by atoms with van der Waals surface area (Å²) in [6.07, 6.45) is 1.77. The first kappa shape index (κ1) is 12.1. The minimum Gasteiger partial charge on any atom is -0.318 e. The van der Waals surface area contributed by atoms with Crippen LogP contribution in [-0.2, 0) is 7.05 Å². The second kappa shape index (κ2) is 4.95. The summed E-state index contributed by atoms with van der Waals surface area (Å²) in [6, 6.07) is 11.8. The fraction of sp³-hybridized carbons (Fsp3) is 0.143. The Morgan fingerprint density at radius 1 is 1.21 bits per heavy atom. The first-order chi connectivity index (χ1) is 9.25. The Hall–Kier alpha value is -1.98. The number of aromatic nitrogens is 3. The van der Waals surface area contributed by atoms with Crippen LogP contribution in [0.15, 0.2) is 48.0 Å².